The Kier molecular flexibility index (Phi) is 8.61. The standard InChI is InChI=1S/C27H30BrClN2O3/c1-5-22(26(33)30-27(2,3)4)31(16-18-10-13-20(29)14-11-18)24(32)17-34-23-15-12-19-8-6-7-9-21(19)25(23)28/h6-15,22H,5,16-17H2,1-4H3,(H,30,33). The number of carbonyl (C=O) groups is 2. The molecular formula is C27H30BrClN2O3. The van der Waals surface area contributed by atoms with Crippen LogP contribution in [-0.4, -0.2) is 34.9 Å². The van der Waals surface area contributed by atoms with Crippen molar-refractivity contribution < 1.29 is 14.3 Å². The summed E-state index contributed by atoms with van der Waals surface area (Å²) < 4.78 is 6.72. The van der Waals surface area contributed by atoms with Crippen LogP contribution < -0.4 is 10.1 Å². The molecule has 0 aromatic heterocycles. The molecule has 0 spiro atoms. The Bertz CT molecular complexity index is 1160. The molecular weight excluding hydrogens is 516 g/mol. The van der Waals surface area contributed by atoms with Crippen molar-refractivity contribution in [3.63, 3.8) is 0 Å². The molecule has 1 N–H and O–H groups in total. The van der Waals surface area contributed by atoms with E-state index < -0.39 is 11.6 Å². The summed E-state index contributed by atoms with van der Waals surface area (Å²) in [5.74, 6) is 0.112. The number of rotatable bonds is 8. The summed E-state index contributed by atoms with van der Waals surface area (Å²) in [5.41, 5.74) is 0.470. The number of hydrogen-bond acceptors (Lipinski definition) is 3. The number of hydrogen-bond donors (Lipinski definition) is 1. The Hall–Kier alpha value is -2.57. The highest BCUT2D eigenvalue weighted by Crippen LogP contribution is 2.33. The van der Waals surface area contributed by atoms with Gasteiger partial charge in [0.05, 0.1) is 4.47 Å². The van der Waals surface area contributed by atoms with Gasteiger partial charge in [0, 0.05) is 17.1 Å². The number of fused-ring (bicyclic) bond motifs is 1. The van der Waals surface area contributed by atoms with Gasteiger partial charge in [-0.05, 0) is 77.7 Å². The van der Waals surface area contributed by atoms with Gasteiger partial charge in [-0.1, -0.05) is 61.0 Å². The van der Waals surface area contributed by atoms with Gasteiger partial charge >= 0.3 is 0 Å². The number of nitrogens with one attached hydrogen (secondary N) is 1. The van der Waals surface area contributed by atoms with E-state index in [2.05, 4.69) is 21.2 Å². The fourth-order valence-corrected chi connectivity index (χ4v) is 4.44. The summed E-state index contributed by atoms with van der Waals surface area (Å²) in [6.07, 6.45) is 0.473. The Labute approximate surface area is 214 Å². The molecule has 0 aliphatic rings. The lowest BCUT2D eigenvalue weighted by molar-refractivity contribution is -0.143. The maximum atomic E-state index is 13.4. The highest BCUT2D eigenvalue weighted by atomic mass is 79.9. The molecule has 0 radical (unpaired) electrons. The lowest BCUT2D eigenvalue weighted by Gasteiger charge is -2.33. The second-order valence-electron chi connectivity index (χ2n) is 9.20. The topological polar surface area (TPSA) is 58.6 Å². The summed E-state index contributed by atoms with van der Waals surface area (Å²) >= 11 is 9.63. The van der Waals surface area contributed by atoms with E-state index >= 15 is 0 Å². The number of benzene rings is 3. The van der Waals surface area contributed by atoms with Crippen molar-refractivity contribution in [3.8, 4) is 5.75 Å². The number of amides is 2. The summed E-state index contributed by atoms with van der Waals surface area (Å²) in [4.78, 5) is 28.1. The van der Waals surface area contributed by atoms with Crippen LogP contribution >= 0.6 is 27.5 Å². The third-order valence-corrected chi connectivity index (χ3v) is 6.40. The Morgan fingerprint density at radius 3 is 2.38 bits per heavy atom. The third kappa shape index (κ3) is 6.73. The first-order chi connectivity index (χ1) is 16.1. The number of ether oxygens (including phenoxy) is 1. The van der Waals surface area contributed by atoms with Crippen LogP contribution in [0.4, 0.5) is 0 Å². The minimum atomic E-state index is -0.633. The van der Waals surface area contributed by atoms with Crippen LogP contribution in [0.5, 0.6) is 5.75 Å². The molecule has 1 unspecified atom stereocenters. The second kappa shape index (κ2) is 11.2. The van der Waals surface area contributed by atoms with Gasteiger partial charge in [-0.2, -0.15) is 0 Å². The van der Waals surface area contributed by atoms with Gasteiger partial charge in [-0.25, -0.2) is 0 Å². The Morgan fingerprint density at radius 2 is 1.74 bits per heavy atom. The molecule has 0 fully saturated rings. The van der Waals surface area contributed by atoms with Crippen molar-refractivity contribution in [3.05, 3.63) is 75.7 Å². The normalized spacial score (nSPS) is 12.3. The van der Waals surface area contributed by atoms with Gasteiger partial charge in [-0.3, -0.25) is 9.59 Å². The van der Waals surface area contributed by atoms with Crippen LogP contribution in [-0.2, 0) is 16.1 Å². The zero-order valence-electron chi connectivity index (χ0n) is 19.9. The predicted molar refractivity (Wildman–Crippen MR) is 141 cm³/mol. The second-order valence-corrected chi connectivity index (χ2v) is 10.4. The van der Waals surface area contributed by atoms with Gasteiger partial charge in [0.15, 0.2) is 6.61 Å². The molecule has 3 aromatic rings. The van der Waals surface area contributed by atoms with E-state index in [0.717, 1.165) is 20.8 Å². The van der Waals surface area contributed by atoms with E-state index in [9.17, 15) is 9.59 Å². The molecule has 3 aromatic carbocycles. The number of carbonyl (C=O) groups excluding carboxylic acids is 2. The molecule has 0 saturated carbocycles. The van der Waals surface area contributed by atoms with E-state index in [0.29, 0.717) is 17.2 Å². The average Bonchev–Trinajstić information content (AvgIpc) is 2.78. The fraction of sp³-hybridized carbons (Fsp3) is 0.333. The van der Waals surface area contributed by atoms with Gasteiger partial charge in [-0.15, -0.1) is 0 Å². The molecule has 0 heterocycles. The highest BCUT2D eigenvalue weighted by molar-refractivity contribution is 9.10. The van der Waals surface area contributed by atoms with Crippen molar-refractivity contribution in [2.75, 3.05) is 6.61 Å². The van der Waals surface area contributed by atoms with Gasteiger partial charge in [0.2, 0.25) is 5.91 Å². The van der Waals surface area contributed by atoms with Crippen molar-refractivity contribution in [2.45, 2.75) is 52.2 Å². The van der Waals surface area contributed by atoms with E-state index in [4.69, 9.17) is 16.3 Å². The van der Waals surface area contributed by atoms with Gasteiger partial charge in [0.1, 0.15) is 11.8 Å². The first kappa shape index (κ1) is 26.0. The Morgan fingerprint density at radius 1 is 1.06 bits per heavy atom. The molecule has 0 aliphatic carbocycles. The first-order valence-corrected chi connectivity index (χ1v) is 12.4. The largest absolute Gasteiger partial charge is 0.483 e. The summed E-state index contributed by atoms with van der Waals surface area (Å²) in [6.45, 7) is 7.74. The zero-order chi connectivity index (χ0) is 24.9. The van der Waals surface area contributed by atoms with Crippen molar-refractivity contribution >= 4 is 50.1 Å². The van der Waals surface area contributed by atoms with Gasteiger partial charge in [0.25, 0.3) is 5.91 Å². The van der Waals surface area contributed by atoms with E-state index in [1.165, 1.54) is 0 Å². The van der Waals surface area contributed by atoms with Crippen molar-refractivity contribution in [1.82, 2.24) is 10.2 Å². The molecule has 0 bridgehead atoms. The monoisotopic (exact) mass is 544 g/mol. The molecule has 7 heteroatoms. The quantitative estimate of drug-likeness (QED) is 0.358. The van der Waals surface area contributed by atoms with Crippen molar-refractivity contribution in [1.29, 1.82) is 0 Å². The molecule has 180 valence electrons. The average molecular weight is 546 g/mol. The predicted octanol–water partition coefficient (Wildman–Crippen LogP) is 6.36. The molecule has 2 amide bonds. The summed E-state index contributed by atoms with van der Waals surface area (Å²) in [7, 11) is 0. The molecule has 3 rings (SSSR count). The molecule has 1 atom stereocenters. The smallest absolute Gasteiger partial charge is 0.261 e. The van der Waals surface area contributed by atoms with E-state index in [1.54, 1.807) is 17.0 Å². The minimum absolute atomic E-state index is 0.191. The van der Waals surface area contributed by atoms with Crippen LogP contribution in [0.25, 0.3) is 10.8 Å². The van der Waals surface area contributed by atoms with E-state index in [-0.39, 0.29) is 25.0 Å². The zero-order valence-corrected chi connectivity index (χ0v) is 22.2. The molecule has 0 aliphatic heterocycles. The van der Waals surface area contributed by atoms with Crippen LogP contribution in [0, 0.1) is 0 Å². The number of nitrogens with zero attached hydrogens (tertiary/aromatic N) is 1. The van der Waals surface area contributed by atoms with Gasteiger partial charge < -0.3 is 15.0 Å². The van der Waals surface area contributed by atoms with E-state index in [1.807, 2.05) is 76.2 Å². The minimum Gasteiger partial charge on any atom is -0.483 e. The Balaban J connectivity index is 1.84. The number of halogens is 2. The summed E-state index contributed by atoms with van der Waals surface area (Å²) in [6, 6.07) is 18.4. The maximum absolute atomic E-state index is 13.4. The van der Waals surface area contributed by atoms with Crippen LogP contribution in [0.15, 0.2) is 65.1 Å². The lowest BCUT2D eigenvalue weighted by Crippen LogP contribution is -2.54. The SMILES string of the molecule is CCC(C(=O)NC(C)(C)C)N(Cc1ccc(Cl)cc1)C(=O)COc1ccc2ccccc2c1Br. The molecule has 5 nitrogen and oxygen atoms in total. The van der Waals surface area contributed by atoms with Crippen molar-refractivity contribution in [2.24, 2.45) is 0 Å². The first-order valence-electron chi connectivity index (χ1n) is 11.2. The van der Waals surface area contributed by atoms with Crippen LogP contribution in [0.3, 0.4) is 0 Å². The molecule has 0 saturated heterocycles. The molecule has 34 heavy (non-hydrogen) atoms. The highest BCUT2D eigenvalue weighted by Gasteiger charge is 2.31. The van der Waals surface area contributed by atoms with Crippen LogP contribution in [0.1, 0.15) is 39.7 Å². The fourth-order valence-electron chi connectivity index (χ4n) is 3.71. The maximum Gasteiger partial charge on any atom is 0.261 e. The summed E-state index contributed by atoms with van der Waals surface area (Å²) in [5, 5.41) is 5.69. The van der Waals surface area contributed by atoms with Crippen LogP contribution in [0.2, 0.25) is 5.02 Å². The lowest BCUT2D eigenvalue weighted by atomic mass is 10.1. The third-order valence-electron chi connectivity index (χ3n) is 5.33.